The van der Waals surface area contributed by atoms with Crippen molar-refractivity contribution in [2.75, 3.05) is 27.4 Å². The third-order valence-corrected chi connectivity index (χ3v) is 2.58. The molecular formula is C10H14BrNO3. The maximum atomic E-state index is 5.42. The highest BCUT2D eigenvalue weighted by Gasteiger charge is 2.13. The summed E-state index contributed by atoms with van der Waals surface area (Å²) in [6.07, 6.45) is 0. The van der Waals surface area contributed by atoms with Crippen molar-refractivity contribution in [2.24, 2.45) is 5.73 Å². The van der Waals surface area contributed by atoms with E-state index in [0.29, 0.717) is 30.4 Å². The average Bonchev–Trinajstić information content (AvgIpc) is 2.27. The zero-order valence-electron chi connectivity index (χ0n) is 8.75. The van der Waals surface area contributed by atoms with Crippen LogP contribution in [-0.4, -0.2) is 27.4 Å². The highest BCUT2D eigenvalue weighted by molar-refractivity contribution is 9.10. The molecule has 0 aliphatic carbocycles. The molecule has 0 atom stereocenters. The molecule has 0 aliphatic heterocycles. The van der Waals surface area contributed by atoms with Gasteiger partial charge in [0, 0.05) is 6.54 Å². The molecule has 5 heteroatoms. The second-order valence-electron chi connectivity index (χ2n) is 2.75. The van der Waals surface area contributed by atoms with E-state index in [9.17, 15) is 0 Å². The number of benzene rings is 1. The predicted molar refractivity (Wildman–Crippen MR) is 61.8 cm³/mol. The zero-order valence-corrected chi connectivity index (χ0v) is 10.3. The summed E-state index contributed by atoms with van der Waals surface area (Å²) in [6.45, 7) is 0.939. The molecule has 0 saturated heterocycles. The van der Waals surface area contributed by atoms with Gasteiger partial charge in [-0.2, -0.15) is 0 Å². The number of nitrogens with two attached hydrogens (primary N) is 1. The van der Waals surface area contributed by atoms with Crippen LogP contribution in [0.1, 0.15) is 0 Å². The number of hydrogen-bond acceptors (Lipinski definition) is 4. The summed E-state index contributed by atoms with van der Waals surface area (Å²) in [5, 5.41) is 0. The highest BCUT2D eigenvalue weighted by Crippen LogP contribution is 2.41. The Bertz CT molecular complexity index is 331. The number of methoxy groups -OCH3 is 2. The Kier molecular flexibility index (Phi) is 4.71. The molecule has 0 saturated carbocycles. The van der Waals surface area contributed by atoms with Crippen LogP contribution in [0.2, 0.25) is 0 Å². The second kappa shape index (κ2) is 5.82. The quantitative estimate of drug-likeness (QED) is 0.891. The zero-order chi connectivity index (χ0) is 11.3. The van der Waals surface area contributed by atoms with Crippen molar-refractivity contribution in [3.63, 3.8) is 0 Å². The SMILES string of the molecule is COc1ccc(OCCN)c(Br)c1OC. The van der Waals surface area contributed by atoms with E-state index in [0.717, 1.165) is 4.47 Å². The minimum atomic E-state index is 0.466. The fraction of sp³-hybridized carbons (Fsp3) is 0.400. The lowest BCUT2D eigenvalue weighted by Crippen LogP contribution is -2.11. The van der Waals surface area contributed by atoms with Crippen LogP contribution in [0.3, 0.4) is 0 Å². The fourth-order valence-corrected chi connectivity index (χ4v) is 1.76. The Morgan fingerprint density at radius 3 is 2.40 bits per heavy atom. The molecule has 4 nitrogen and oxygen atoms in total. The molecular weight excluding hydrogens is 262 g/mol. The molecule has 0 spiro atoms. The van der Waals surface area contributed by atoms with E-state index in [2.05, 4.69) is 15.9 Å². The Labute approximate surface area is 97.4 Å². The first-order valence-electron chi connectivity index (χ1n) is 4.48. The third kappa shape index (κ3) is 2.76. The topological polar surface area (TPSA) is 53.7 Å². The molecule has 0 amide bonds. The maximum absolute atomic E-state index is 5.42. The Morgan fingerprint density at radius 2 is 1.87 bits per heavy atom. The van der Waals surface area contributed by atoms with E-state index < -0.39 is 0 Å². The van der Waals surface area contributed by atoms with Crippen molar-refractivity contribution < 1.29 is 14.2 Å². The Hall–Kier alpha value is -0.940. The summed E-state index contributed by atoms with van der Waals surface area (Å²) in [5.74, 6) is 1.97. The molecule has 0 bridgehead atoms. The summed E-state index contributed by atoms with van der Waals surface area (Å²) in [5.41, 5.74) is 5.36. The third-order valence-electron chi connectivity index (χ3n) is 1.83. The molecule has 1 aromatic carbocycles. The van der Waals surface area contributed by atoms with Gasteiger partial charge in [0.1, 0.15) is 16.8 Å². The van der Waals surface area contributed by atoms with E-state index in [4.69, 9.17) is 19.9 Å². The minimum Gasteiger partial charge on any atom is -0.493 e. The van der Waals surface area contributed by atoms with Crippen molar-refractivity contribution in [3.05, 3.63) is 16.6 Å². The first kappa shape index (κ1) is 12.1. The standard InChI is InChI=1S/C10H14BrNO3/c1-13-8-4-3-7(15-6-5-12)9(11)10(8)14-2/h3-4H,5-6,12H2,1-2H3. The van der Waals surface area contributed by atoms with Crippen molar-refractivity contribution in [3.8, 4) is 17.2 Å². The smallest absolute Gasteiger partial charge is 0.178 e. The molecule has 15 heavy (non-hydrogen) atoms. The molecule has 0 unspecified atom stereocenters. The first-order valence-corrected chi connectivity index (χ1v) is 5.27. The van der Waals surface area contributed by atoms with E-state index in [1.165, 1.54) is 0 Å². The molecule has 0 fully saturated rings. The van der Waals surface area contributed by atoms with Gasteiger partial charge in [-0.1, -0.05) is 0 Å². The summed E-state index contributed by atoms with van der Waals surface area (Å²) < 4.78 is 16.5. The van der Waals surface area contributed by atoms with Gasteiger partial charge in [0.05, 0.1) is 14.2 Å². The first-order chi connectivity index (χ1) is 7.24. The minimum absolute atomic E-state index is 0.466. The van der Waals surface area contributed by atoms with Crippen LogP contribution in [-0.2, 0) is 0 Å². The normalized spacial score (nSPS) is 9.87. The van der Waals surface area contributed by atoms with Gasteiger partial charge in [-0.25, -0.2) is 0 Å². The van der Waals surface area contributed by atoms with Gasteiger partial charge >= 0.3 is 0 Å². The molecule has 2 N–H and O–H groups in total. The summed E-state index contributed by atoms with van der Waals surface area (Å²) in [7, 11) is 3.17. The Balaban J connectivity index is 3.00. The van der Waals surface area contributed by atoms with Gasteiger partial charge in [0.2, 0.25) is 0 Å². The van der Waals surface area contributed by atoms with E-state index >= 15 is 0 Å². The van der Waals surface area contributed by atoms with Crippen molar-refractivity contribution in [1.82, 2.24) is 0 Å². The second-order valence-corrected chi connectivity index (χ2v) is 3.54. The average molecular weight is 276 g/mol. The van der Waals surface area contributed by atoms with E-state index in [1.54, 1.807) is 26.4 Å². The van der Waals surface area contributed by atoms with Gasteiger partial charge in [-0.05, 0) is 28.1 Å². The number of ether oxygens (including phenoxy) is 3. The molecule has 0 aliphatic rings. The number of halogens is 1. The van der Waals surface area contributed by atoms with E-state index in [1.807, 2.05) is 0 Å². The van der Waals surface area contributed by atoms with Gasteiger partial charge < -0.3 is 19.9 Å². The lowest BCUT2D eigenvalue weighted by atomic mass is 10.3. The van der Waals surface area contributed by atoms with Gasteiger partial charge in [-0.15, -0.1) is 0 Å². The number of rotatable bonds is 5. The van der Waals surface area contributed by atoms with Crippen LogP contribution in [0.15, 0.2) is 16.6 Å². The molecule has 1 rings (SSSR count). The molecule has 0 radical (unpaired) electrons. The Morgan fingerprint density at radius 1 is 1.20 bits per heavy atom. The van der Waals surface area contributed by atoms with Crippen molar-refractivity contribution >= 4 is 15.9 Å². The van der Waals surface area contributed by atoms with Crippen molar-refractivity contribution in [1.29, 1.82) is 0 Å². The summed E-state index contributed by atoms with van der Waals surface area (Å²) in [4.78, 5) is 0. The highest BCUT2D eigenvalue weighted by atomic mass is 79.9. The van der Waals surface area contributed by atoms with Crippen LogP contribution in [0.4, 0.5) is 0 Å². The molecule has 84 valence electrons. The van der Waals surface area contributed by atoms with Gasteiger partial charge in [0.25, 0.3) is 0 Å². The molecule has 0 aromatic heterocycles. The summed E-state index contributed by atoms with van der Waals surface area (Å²) in [6, 6.07) is 3.59. The monoisotopic (exact) mass is 275 g/mol. The fourth-order valence-electron chi connectivity index (χ4n) is 1.15. The van der Waals surface area contributed by atoms with Crippen LogP contribution in [0.5, 0.6) is 17.2 Å². The van der Waals surface area contributed by atoms with Crippen LogP contribution < -0.4 is 19.9 Å². The largest absolute Gasteiger partial charge is 0.493 e. The lowest BCUT2D eigenvalue weighted by Gasteiger charge is -2.13. The maximum Gasteiger partial charge on any atom is 0.178 e. The van der Waals surface area contributed by atoms with Crippen molar-refractivity contribution in [2.45, 2.75) is 0 Å². The molecule has 0 heterocycles. The van der Waals surface area contributed by atoms with Crippen LogP contribution >= 0.6 is 15.9 Å². The van der Waals surface area contributed by atoms with Gasteiger partial charge in [-0.3, -0.25) is 0 Å². The van der Waals surface area contributed by atoms with Gasteiger partial charge in [0.15, 0.2) is 11.5 Å². The lowest BCUT2D eigenvalue weighted by molar-refractivity contribution is 0.315. The predicted octanol–water partition coefficient (Wildman–Crippen LogP) is 1.80. The van der Waals surface area contributed by atoms with Crippen LogP contribution in [0, 0.1) is 0 Å². The van der Waals surface area contributed by atoms with Crippen LogP contribution in [0.25, 0.3) is 0 Å². The summed E-state index contributed by atoms with van der Waals surface area (Å²) >= 11 is 3.39. The molecule has 1 aromatic rings. The van der Waals surface area contributed by atoms with E-state index in [-0.39, 0.29) is 0 Å². The number of hydrogen-bond donors (Lipinski definition) is 1.